The number of hydrogen-bond acceptors (Lipinski definition) is 5. The van der Waals surface area contributed by atoms with Crippen molar-refractivity contribution in [3.05, 3.63) is 68.3 Å². The fourth-order valence-corrected chi connectivity index (χ4v) is 1.79. The molecule has 10 heteroatoms. The van der Waals surface area contributed by atoms with Crippen molar-refractivity contribution in [2.24, 2.45) is 0 Å². The molecule has 0 atom stereocenters. The zero-order valence-corrected chi connectivity index (χ0v) is 11.2. The van der Waals surface area contributed by atoms with Gasteiger partial charge < -0.3 is 5.32 Å². The summed E-state index contributed by atoms with van der Waals surface area (Å²) in [5.41, 5.74) is -1.97. The Morgan fingerprint density at radius 2 is 1.52 bits per heavy atom. The molecule has 1 N–H and O–H groups in total. The van der Waals surface area contributed by atoms with Crippen LogP contribution in [0.25, 0.3) is 0 Å². The van der Waals surface area contributed by atoms with Crippen LogP contribution in [0.3, 0.4) is 0 Å². The van der Waals surface area contributed by atoms with Gasteiger partial charge in [-0.25, -0.2) is 0 Å². The van der Waals surface area contributed by atoms with Crippen molar-refractivity contribution in [2.45, 2.75) is 6.18 Å². The van der Waals surface area contributed by atoms with Crippen molar-refractivity contribution in [2.75, 3.05) is 5.32 Å². The monoisotopic (exact) mass is 327 g/mol. The van der Waals surface area contributed by atoms with Gasteiger partial charge in [0.2, 0.25) is 0 Å². The molecule has 0 aliphatic carbocycles. The molecule has 0 bridgehead atoms. The molecule has 0 heterocycles. The van der Waals surface area contributed by atoms with Crippen molar-refractivity contribution >= 4 is 22.7 Å². The third-order valence-corrected chi connectivity index (χ3v) is 2.88. The van der Waals surface area contributed by atoms with E-state index < -0.39 is 27.3 Å². The van der Waals surface area contributed by atoms with Crippen molar-refractivity contribution in [3.8, 4) is 0 Å². The summed E-state index contributed by atoms with van der Waals surface area (Å²) in [6.07, 6.45) is -4.70. The van der Waals surface area contributed by atoms with Crippen LogP contribution in [0, 0.1) is 20.2 Å². The summed E-state index contributed by atoms with van der Waals surface area (Å²) >= 11 is 0. The SMILES string of the molecule is O=[N+]([O-])c1ccc(Nc2ccc(C(F)(F)F)cc2[N+](=O)[O-])cc1. The number of alkyl halides is 3. The van der Waals surface area contributed by atoms with Gasteiger partial charge in [0.1, 0.15) is 5.69 Å². The zero-order chi connectivity index (χ0) is 17.2. The van der Waals surface area contributed by atoms with Crippen molar-refractivity contribution in [1.29, 1.82) is 0 Å². The molecule has 0 unspecified atom stereocenters. The minimum atomic E-state index is -4.70. The van der Waals surface area contributed by atoms with Crippen molar-refractivity contribution < 1.29 is 23.0 Å². The Kier molecular flexibility index (Phi) is 4.16. The van der Waals surface area contributed by atoms with Crippen LogP contribution in [0.2, 0.25) is 0 Å². The van der Waals surface area contributed by atoms with E-state index in [4.69, 9.17) is 0 Å². The normalized spacial score (nSPS) is 11.1. The maximum atomic E-state index is 12.6. The molecule has 0 aromatic heterocycles. The van der Waals surface area contributed by atoms with E-state index >= 15 is 0 Å². The van der Waals surface area contributed by atoms with E-state index in [0.717, 1.165) is 18.2 Å². The number of anilines is 2. The molecule has 2 aromatic carbocycles. The van der Waals surface area contributed by atoms with E-state index in [1.165, 1.54) is 12.1 Å². The second kappa shape index (κ2) is 5.91. The number of nitro benzene ring substituents is 2. The molecule has 0 amide bonds. The van der Waals surface area contributed by atoms with Crippen LogP contribution < -0.4 is 5.32 Å². The lowest BCUT2D eigenvalue weighted by Crippen LogP contribution is -2.06. The first-order valence-electron chi connectivity index (χ1n) is 6.05. The van der Waals surface area contributed by atoms with Crippen LogP contribution in [0.4, 0.5) is 35.9 Å². The Labute approximate surface area is 126 Å². The van der Waals surface area contributed by atoms with Gasteiger partial charge in [-0.3, -0.25) is 20.2 Å². The number of nitrogens with zero attached hydrogens (tertiary/aromatic N) is 2. The highest BCUT2D eigenvalue weighted by Gasteiger charge is 2.33. The molecule has 0 aliphatic heterocycles. The third kappa shape index (κ3) is 3.73. The van der Waals surface area contributed by atoms with E-state index in [-0.39, 0.29) is 17.1 Å². The first-order chi connectivity index (χ1) is 10.7. The summed E-state index contributed by atoms with van der Waals surface area (Å²) in [6, 6.07) is 6.98. The quantitative estimate of drug-likeness (QED) is 0.668. The number of rotatable bonds is 4. The highest BCUT2D eigenvalue weighted by atomic mass is 19.4. The molecule has 0 saturated heterocycles. The molecule has 2 rings (SSSR count). The van der Waals surface area contributed by atoms with E-state index in [1.54, 1.807) is 0 Å². The predicted molar refractivity (Wildman–Crippen MR) is 74.5 cm³/mol. The van der Waals surface area contributed by atoms with Gasteiger partial charge in [-0.05, 0) is 24.3 Å². The Hall–Kier alpha value is -3.17. The highest BCUT2D eigenvalue weighted by Crippen LogP contribution is 2.36. The van der Waals surface area contributed by atoms with Crippen molar-refractivity contribution in [1.82, 2.24) is 0 Å². The number of halogens is 3. The largest absolute Gasteiger partial charge is 0.416 e. The number of nitrogens with one attached hydrogen (secondary N) is 1. The second-order valence-corrected chi connectivity index (χ2v) is 4.42. The summed E-state index contributed by atoms with van der Waals surface area (Å²) in [4.78, 5) is 19.9. The van der Waals surface area contributed by atoms with Crippen LogP contribution in [0.5, 0.6) is 0 Å². The first-order valence-corrected chi connectivity index (χ1v) is 6.05. The number of nitro groups is 2. The first kappa shape index (κ1) is 16.2. The number of benzene rings is 2. The standard InChI is InChI=1S/C13H8F3N3O4/c14-13(15,16)8-1-6-11(12(7-8)19(22)23)17-9-2-4-10(5-3-9)18(20)21/h1-7,17H. The van der Waals surface area contributed by atoms with Crippen LogP contribution in [-0.4, -0.2) is 9.85 Å². The van der Waals surface area contributed by atoms with E-state index in [1.807, 2.05) is 0 Å². The zero-order valence-electron chi connectivity index (χ0n) is 11.2. The topological polar surface area (TPSA) is 98.3 Å². The van der Waals surface area contributed by atoms with Crippen LogP contribution in [0.1, 0.15) is 5.56 Å². The summed E-state index contributed by atoms with van der Waals surface area (Å²) in [6.45, 7) is 0. The average Bonchev–Trinajstić information content (AvgIpc) is 2.46. The van der Waals surface area contributed by atoms with Crippen LogP contribution in [-0.2, 0) is 6.18 Å². The lowest BCUT2D eigenvalue weighted by Gasteiger charge is -2.10. The van der Waals surface area contributed by atoms with Gasteiger partial charge in [0.15, 0.2) is 0 Å². The minimum Gasteiger partial charge on any atom is -0.350 e. The fourth-order valence-electron chi connectivity index (χ4n) is 1.79. The summed E-state index contributed by atoms with van der Waals surface area (Å²) in [5.74, 6) is 0. The molecular weight excluding hydrogens is 319 g/mol. The molecule has 0 radical (unpaired) electrons. The minimum absolute atomic E-state index is 0.156. The summed E-state index contributed by atoms with van der Waals surface area (Å²) in [5, 5.41) is 24.0. The number of hydrogen-bond donors (Lipinski definition) is 1. The van der Waals surface area contributed by atoms with Gasteiger partial charge in [-0.2, -0.15) is 13.2 Å². The van der Waals surface area contributed by atoms with Gasteiger partial charge >= 0.3 is 6.18 Å². The molecule has 0 saturated carbocycles. The lowest BCUT2D eigenvalue weighted by atomic mass is 10.1. The van der Waals surface area contributed by atoms with Gasteiger partial charge in [-0.1, -0.05) is 0 Å². The average molecular weight is 327 g/mol. The lowest BCUT2D eigenvalue weighted by molar-refractivity contribution is -0.384. The van der Waals surface area contributed by atoms with Gasteiger partial charge in [0, 0.05) is 23.9 Å². The second-order valence-electron chi connectivity index (χ2n) is 4.42. The van der Waals surface area contributed by atoms with Crippen molar-refractivity contribution in [3.63, 3.8) is 0 Å². The highest BCUT2D eigenvalue weighted by molar-refractivity contribution is 5.70. The molecule has 23 heavy (non-hydrogen) atoms. The smallest absolute Gasteiger partial charge is 0.350 e. The van der Waals surface area contributed by atoms with Crippen LogP contribution >= 0.6 is 0 Å². The molecule has 0 fully saturated rings. The molecule has 7 nitrogen and oxygen atoms in total. The fraction of sp³-hybridized carbons (Fsp3) is 0.0769. The third-order valence-electron chi connectivity index (χ3n) is 2.88. The van der Waals surface area contributed by atoms with Gasteiger partial charge in [-0.15, -0.1) is 0 Å². The van der Waals surface area contributed by atoms with Gasteiger partial charge in [0.25, 0.3) is 11.4 Å². The van der Waals surface area contributed by atoms with Crippen LogP contribution in [0.15, 0.2) is 42.5 Å². The van der Waals surface area contributed by atoms with E-state index in [9.17, 15) is 33.4 Å². The van der Waals surface area contributed by atoms with E-state index in [2.05, 4.69) is 5.32 Å². The predicted octanol–water partition coefficient (Wildman–Crippen LogP) is 4.27. The Bertz CT molecular complexity index is 760. The summed E-state index contributed by atoms with van der Waals surface area (Å²) in [7, 11) is 0. The summed E-state index contributed by atoms with van der Waals surface area (Å²) < 4.78 is 37.8. The Balaban J connectivity index is 2.35. The molecule has 0 spiro atoms. The number of non-ortho nitro benzene ring substituents is 1. The maximum absolute atomic E-state index is 12.6. The molecule has 2 aromatic rings. The Morgan fingerprint density at radius 1 is 0.913 bits per heavy atom. The molecule has 120 valence electrons. The Morgan fingerprint density at radius 3 is 2.00 bits per heavy atom. The van der Waals surface area contributed by atoms with E-state index in [0.29, 0.717) is 12.1 Å². The van der Waals surface area contributed by atoms with Gasteiger partial charge in [0.05, 0.1) is 15.4 Å². The maximum Gasteiger partial charge on any atom is 0.416 e. The molecule has 0 aliphatic rings. The molecular formula is C13H8F3N3O4.